The van der Waals surface area contributed by atoms with Crippen LogP contribution in [0.3, 0.4) is 0 Å². The number of nitrogens with one attached hydrogen (secondary N) is 1. The number of sulfonamides is 1. The molecule has 2 N–H and O–H groups in total. The number of nitrogens with zero attached hydrogens (tertiary/aromatic N) is 1. The standard InChI is InChI=1S/C11H13ClN2O5S/c1-14(2)11(17)7-3-4-8(12)9(5-7)13-20(18,19)6-10(15)16/h3-5,13H,6H2,1-2H3,(H,15,16). The average molecular weight is 321 g/mol. The van der Waals surface area contributed by atoms with Crippen molar-refractivity contribution in [3.63, 3.8) is 0 Å². The smallest absolute Gasteiger partial charge is 0.320 e. The predicted molar refractivity (Wildman–Crippen MR) is 74.5 cm³/mol. The Hall–Kier alpha value is -1.80. The Balaban J connectivity index is 3.10. The number of halogens is 1. The zero-order valence-corrected chi connectivity index (χ0v) is 12.3. The van der Waals surface area contributed by atoms with Gasteiger partial charge in [0.2, 0.25) is 10.0 Å². The molecule has 0 aromatic heterocycles. The van der Waals surface area contributed by atoms with E-state index in [0.29, 0.717) is 0 Å². The van der Waals surface area contributed by atoms with E-state index in [-0.39, 0.29) is 22.2 Å². The molecule has 20 heavy (non-hydrogen) atoms. The van der Waals surface area contributed by atoms with E-state index in [1.165, 1.54) is 23.1 Å². The van der Waals surface area contributed by atoms with Crippen molar-refractivity contribution in [1.82, 2.24) is 4.90 Å². The van der Waals surface area contributed by atoms with Crippen LogP contribution in [0.15, 0.2) is 18.2 Å². The van der Waals surface area contributed by atoms with Crippen molar-refractivity contribution < 1.29 is 23.1 Å². The van der Waals surface area contributed by atoms with Crippen LogP contribution in [-0.2, 0) is 14.8 Å². The second-order valence-corrected chi connectivity index (χ2v) is 6.28. The molecule has 0 bridgehead atoms. The van der Waals surface area contributed by atoms with Crippen molar-refractivity contribution in [2.75, 3.05) is 24.6 Å². The van der Waals surface area contributed by atoms with Gasteiger partial charge in [-0.3, -0.25) is 14.3 Å². The van der Waals surface area contributed by atoms with Crippen LogP contribution in [0.5, 0.6) is 0 Å². The third kappa shape index (κ3) is 4.39. The molecule has 0 aliphatic carbocycles. The van der Waals surface area contributed by atoms with Crippen LogP contribution in [0.25, 0.3) is 0 Å². The van der Waals surface area contributed by atoms with E-state index < -0.39 is 21.7 Å². The number of carboxylic acid groups (broad SMARTS) is 1. The van der Waals surface area contributed by atoms with E-state index in [4.69, 9.17) is 16.7 Å². The number of carbonyl (C=O) groups excluding carboxylic acids is 1. The molecule has 1 amide bonds. The Morgan fingerprint density at radius 2 is 1.95 bits per heavy atom. The Bertz CT molecular complexity index is 642. The first kappa shape index (κ1) is 16.3. The maximum absolute atomic E-state index is 11.8. The van der Waals surface area contributed by atoms with Gasteiger partial charge < -0.3 is 10.0 Å². The minimum atomic E-state index is -4.08. The average Bonchev–Trinajstić information content (AvgIpc) is 2.28. The van der Waals surface area contributed by atoms with Gasteiger partial charge in [0, 0.05) is 19.7 Å². The number of benzene rings is 1. The third-order valence-corrected chi connectivity index (χ3v) is 3.69. The first-order valence-electron chi connectivity index (χ1n) is 5.36. The van der Waals surface area contributed by atoms with E-state index in [1.54, 1.807) is 14.1 Å². The van der Waals surface area contributed by atoms with E-state index in [1.807, 2.05) is 4.72 Å². The molecule has 1 rings (SSSR count). The van der Waals surface area contributed by atoms with Gasteiger partial charge in [0.25, 0.3) is 5.91 Å². The van der Waals surface area contributed by atoms with Gasteiger partial charge >= 0.3 is 5.97 Å². The Morgan fingerprint density at radius 3 is 2.45 bits per heavy atom. The summed E-state index contributed by atoms with van der Waals surface area (Å²) in [6.07, 6.45) is 0. The molecule has 0 fully saturated rings. The zero-order chi connectivity index (χ0) is 15.5. The second kappa shape index (κ2) is 6.10. The first-order valence-corrected chi connectivity index (χ1v) is 7.39. The fourth-order valence-corrected chi connectivity index (χ4v) is 2.48. The van der Waals surface area contributed by atoms with Crippen LogP contribution in [0.4, 0.5) is 5.69 Å². The molecule has 0 heterocycles. The number of aliphatic carboxylic acids is 1. The summed E-state index contributed by atoms with van der Waals surface area (Å²) in [6.45, 7) is 0. The first-order chi connectivity index (χ1) is 9.12. The summed E-state index contributed by atoms with van der Waals surface area (Å²) in [4.78, 5) is 23.5. The molecule has 110 valence electrons. The van der Waals surface area contributed by atoms with Gasteiger partial charge in [-0.25, -0.2) is 8.42 Å². The second-order valence-electron chi connectivity index (χ2n) is 4.15. The molecule has 1 aromatic carbocycles. The highest BCUT2D eigenvalue weighted by Gasteiger charge is 2.18. The monoisotopic (exact) mass is 320 g/mol. The van der Waals surface area contributed by atoms with Gasteiger partial charge in [-0.2, -0.15) is 0 Å². The maximum atomic E-state index is 11.8. The van der Waals surface area contributed by atoms with Gasteiger partial charge in [-0.15, -0.1) is 0 Å². The fraction of sp³-hybridized carbons (Fsp3) is 0.273. The minimum Gasteiger partial charge on any atom is -0.480 e. The number of carboxylic acids is 1. The van der Waals surface area contributed by atoms with Crippen LogP contribution in [0, 0.1) is 0 Å². The predicted octanol–water partition coefficient (Wildman–Crippen LogP) is 0.868. The van der Waals surface area contributed by atoms with Gasteiger partial charge in [-0.1, -0.05) is 11.6 Å². The molecule has 0 aliphatic rings. The molecular weight excluding hydrogens is 308 g/mol. The molecule has 0 atom stereocenters. The normalized spacial score (nSPS) is 10.9. The third-order valence-electron chi connectivity index (χ3n) is 2.20. The molecule has 0 unspecified atom stereocenters. The van der Waals surface area contributed by atoms with Crippen LogP contribution in [0.2, 0.25) is 5.02 Å². The van der Waals surface area contributed by atoms with Gasteiger partial charge in [0.1, 0.15) is 0 Å². The molecule has 0 saturated heterocycles. The number of rotatable bonds is 5. The van der Waals surface area contributed by atoms with Crippen molar-refractivity contribution >= 4 is 39.2 Å². The largest absolute Gasteiger partial charge is 0.480 e. The minimum absolute atomic E-state index is 0.0411. The van der Waals surface area contributed by atoms with Crippen LogP contribution in [0.1, 0.15) is 10.4 Å². The van der Waals surface area contributed by atoms with Crippen molar-refractivity contribution in [2.24, 2.45) is 0 Å². The topological polar surface area (TPSA) is 104 Å². The number of carbonyl (C=O) groups is 2. The molecule has 0 saturated carbocycles. The molecule has 0 spiro atoms. The summed E-state index contributed by atoms with van der Waals surface area (Å²) < 4.78 is 25.1. The van der Waals surface area contributed by atoms with Crippen molar-refractivity contribution in [3.8, 4) is 0 Å². The molecule has 1 aromatic rings. The number of amides is 1. The van der Waals surface area contributed by atoms with E-state index >= 15 is 0 Å². The molecule has 0 aliphatic heterocycles. The SMILES string of the molecule is CN(C)C(=O)c1ccc(Cl)c(NS(=O)(=O)CC(=O)O)c1. The molecule has 7 nitrogen and oxygen atoms in total. The number of anilines is 1. The summed E-state index contributed by atoms with van der Waals surface area (Å²) in [5.74, 6) is -2.91. The van der Waals surface area contributed by atoms with E-state index in [9.17, 15) is 18.0 Å². The maximum Gasteiger partial charge on any atom is 0.320 e. The Kier molecular flexibility index (Phi) is 4.96. The molecular formula is C11H13ClN2O5S. The summed E-state index contributed by atoms with van der Waals surface area (Å²) in [5, 5.41) is 8.56. The Labute approximate surface area is 121 Å². The van der Waals surface area contributed by atoms with Crippen molar-refractivity contribution in [1.29, 1.82) is 0 Å². The highest BCUT2D eigenvalue weighted by atomic mass is 35.5. The summed E-state index contributed by atoms with van der Waals surface area (Å²) >= 11 is 5.82. The van der Waals surface area contributed by atoms with Crippen molar-refractivity contribution in [3.05, 3.63) is 28.8 Å². The number of hydrogen-bond acceptors (Lipinski definition) is 4. The Morgan fingerprint density at radius 1 is 1.35 bits per heavy atom. The van der Waals surface area contributed by atoms with Gasteiger partial charge in [0.05, 0.1) is 10.7 Å². The quantitative estimate of drug-likeness (QED) is 0.837. The molecule has 9 heteroatoms. The van der Waals surface area contributed by atoms with Gasteiger partial charge in [-0.05, 0) is 18.2 Å². The lowest BCUT2D eigenvalue weighted by atomic mass is 10.2. The lowest BCUT2D eigenvalue weighted by Gasteiger charge is -2.13. The highest BCUT2D eigenvalue weighted by Crippen LogP contribution is 2.24. The van der Waals surface area contributed by atoms with Gasteiger partial charge in [0.15, 0.2) is 5.75 Å². The lowest BCUT2D eigenvalue weighted by Crippen LogP contribution is -2.24. The molecule has 0 radical (unpaired) electrons. The van der Waals surface area contributed by atoms with Crippen molar-refractivity contribution in [2.45, 2.75) is 0 Å². The summed E-state index contributed by atoms with van der Waals surface area (Å²) in [5.41, 5.74) is 0.188. The fourth-order valence-electron chi connectivity index (χ4n) is 1.36. The van der Waals surface area contributed by atoms with Crippen LogP contribution in [-0.4, -0.2) is 50.1 Å². The lowest BCUT2D eigenvalue weighted by molar-refractivity contribution is -0.134. The highest BCUT2D eigenvalue weighted by molar-refractivity contribution is 7.93. The number of hydrogen-bond donors (Lipinski definition) is 2. The summed E-state index contributed by atoms with van der Waals surface area (Å²) in [7, 11) is -0.984. The van der Waals surface area contributed by atoms with E-state index in [0.717, 1.165) is 0 Å². The van der Waals surface area contributed by atoms with E-state index in [2.05, 4.69) is 0 Å². The van der Waals surface area contributed by atoms with Crippen LogP contribution < -0.4 is 4.72 Å². The summed E-state index contributed by atoms with van der Waals surface area (Å²) in [6, 6.07) is 4.06. The zero-order valence-electron chi connectivity index (χ0n) is 10.8. The van der Waals surface area contributed by atoms with Crippen LogP contribution >= 0.6 is 11.6 Å².